The summed E-state index contributed by atoms with van der Waals surface area (Å²) in [5, 5.41) is 12.5. The van der Waals surface area contributed by atoms with Gasteiger partial charge >= 0.3 is 0 Å². The van der Waals surface area contributed by atoms with Crippen molar-refractivity contribution in [2.45, 2.75) is 13.8 Å². The van der Waals surface area contributed by atoms with Crippen molar-refractivity contribution in [2.75, 3.05) is 11.8 Å². The van der Waals surface area contributed by atoms with Gasteiger partial charge in [0.2, 0.25) is 6.79 Å². The Balaban J connectivity index is 1.74. The van der Waals surface area contributed by atoms with Gasteiger partial charge in [-0.15, -0.1) is 0 Å². The molecule has 4 rings (SSSR count). The van der Waals surface area contributed by atoms with Crippen molar-refractivity contribution in [2.24, 2.45) is 0 Å². The number of anilines is 1. The lowest BCUT2D eigenvalue weighted by molar-refractivity contribution is -0.385. The Morgan fingerprint density at radius 2 is 1.82 bits per heavy atom. The number of aryl methyl sites for hydroxylation is 2. The van der Waals surface area contributed by atoms with E-state index in [2.05, 4.69) is 5.43 Å². The first-order chi connectivity index (χ1) is 13.3. The highest BCUT2D eigenvalue weighted by atomic mass is 16.7. The number of nitrogens with zero attached hydrogens (tertiary/aromatic N) is 2. The number of nitro benzene ring substituents is 1. The molecular formula is C19H15N3O6. The smallest absolute Gasteiger partial charge is 0.282 e. The second kappa shape index (κ2) is 6.38. The van der Waals surface area contributed by atoms with Crippen LogP contribution in [0.15, 0.2) is 35.9 Å². The highest BCUT2D eigenvalue weighted by Crippen LogP contribution is 2.39. The van der Waals surface area contributed by atoms with E-state index in [-0.39, 0.29) is 29.4 Å². The summed E-state index contributed by atoms with van der Waals surface area (Å²) in [5.41, 5.74) is 4.58. The van der Waals surface area contributed by atoms with Gasteiger partial charge in [-0.05, 0) is 49.2 Å². The number of nitrogens with one attached hydrogen (secondary N) is 1. The molecule has 0 radical (unpaired) electrons. The number of ether oxygens (including phenoxy) is 2. The van der Waals surface area contributed by atoms with Gasteiger partial charge in [0.15, 0.2) is 11.5 Å². The first-order valence-electron chi connectivity index (χ1n) is 8.37. The van der Waals surface area contributed by atoms with Crippen LogP contribution in [0.1, 0.15) is 16.7 Å². The van der Waals surface area contributed by atoms with E-state index in [0.717, 1.165) is 16.1 Å². The topological polar surface area (TPSA) is 111 Å². The molecule has 1 fully saturated rings. The molecule has 2 aliphatic heterocycles. The van der Waals surface area contributed by atoms with E-state index in [0.29, 0.717) is 11.4 Å². The minimum atomic E-state index is -0.643. The van der Waals surface area contributed by atoms with Crippen molar-refractivity contribution in [1.29, 1.82) is 0 Å². The number of benzene rings is 2. The van der Waals surface area contributed by atoms with Crippen LogP contribution in [0.5, 0.6) is 11.5 Å². The number of carbonyl (C=O) groups excluding carboxylic acids is 2. The van der Waals surface area contributed by atoms with Gasteiger partial charge in [-0.25, -0.2) is 5.01 Å². The Kier molecular flexibility index (Phi) is 3.99. The van der Waals surface area contributed by atoms with Gasteiger partial charge in [0.05, 0.1) is 22.2 Å². The monoisotopic (exact) mass is 381 g/mol. The van der Waals surface area contributed by atoms with Crippen LogP contribution in [-0.2, 0) is 9.59 Å². The first-order valence-corrected chi connectivity index (χ1v) is 8.37. The summed E-state index contributed by atoms with van der Waals surface area (Å²) in [6, 6.07) is 7.93. The lowest BCUT2D eigenvalue weighted by Crippen LogP contribution is -2.35. The van der Waals surface area contributed by atoms with Gasteiger partial charge in [0.25, 0.3) is 17.5 Å². The first kappa shape index (κ1) is 17.5. The molecular weight excluding hydrogens is 366 g/mol. The molecule has 1 saturated heterocycles. The molecule has 28 heavy (non-hydrogen) atoms. The molecule has 2 aliphatic rings. The van der Waals surface area contributed by atoms with E-state index in [1.54, 1.807) is 12.1 Å². The van der Waals surface area contributed by atoms with Crippen LogP contribution in [0.25, 0.3) is 6.08 Å². The standard InChI is InChI=1S/C19H15N3O6/c1-10-3-4-13(5-11(10)2)21-19(24)14(18(23)20-21)6-12-7-16-17(28-9-27-16)8-15(12)22(25)26/h3-8H,9H2,1-2H3,(H,20,23)/b14-6+. The molecule has 0 aromatic heterocycles. The van der Waals surface area contributed by atoms with Gasteiger partial charge in [0.1, 0.15) is 5.57 Å². The molecule has 0 spiro atoms. The maximum atomic E-state index is 12.8. The minimum absolute atomic E-state index is 0.0491. The molecule has 2 aromatic carbocycles. The van der Waals surface area contributed by atoms with Crippen molar-refractivity contribution < 1.29 is 24.0 Å². The zero-order chi connectivity index (χ0) is 20.0. The van der Waals surface area contributed by atoms with E-state index in [1.807, 2.05) is 19.9 Å². The molecule has 0 aliphatic carbocycles. The summed E-state index contributed by atoms with van der Waals surface area (Å²) >= 11 is 0. The Bertz CT molecular complexity index is 1080. The quantitative estimate of drug-likeness (QED) is 0.378. The van der Waals surface area contributed by atoms with E-state index in [9.17, 15) is 19.7 Å². The third-order valence-electron chi connectivity index (χ3n) is 4.66. The lowest BCUT2D eigenvalue weighted by atomic mass is 10.1. The third-order valence-corrected chi connectivity index (χ3v) is 4.66. The predicted octanol–water partition coefficient (Wildman–Crippen LogP) is 2.40. The number of carbonyl (C=O) groups is 2. The summed E-state index contributed by atoms with van der Waals surface area (Å²) in [5.74, 6) is -0.683. The molecule has 2 amide bonds. The Labute approximate surface area is 159 Å². The summed E-state index contributed by atoms with van der Waals surface area (Å²) in [6.07, 6.45) is 1.19. The highest BCUT2D eigenvalue weighted by Gasteiger charge is 2.35. The van der Waals surface area contributed by atoms with Crippen molar-refractivity contribution in [1.82, 2.24) is 5.43 Å². The molecule has 2 heterocycles. The van der Waals surface area contributed by atoms with E-state index in [4.69, 9.17) is 9.47 Å². The van der Waals surface area contributed by atoms with Crippen molar-refractivity contribution in [3.8, 4) is 11.5 Å². The number of nitro groups is 1. The molecule has 9 heteroatoms. The molecule has 0 saturated carbocycles. The fourth-order valence-electron chi connectivity index (χ4n) is 2.98. The normalized spacial score (nSPS) is 16.6. The van der Waals surface area contributed by atoms with Crippen molar-refractivity contribution in [3.63, 3.8) is 0 Å². The van der Waals surface area contributed by atoms with Crippen LogP contribution >= 0.6 is 0 Å². The molecule has 142 valence electrons. The maximum Gasteiger partial charge on any atom is 0.282 e. The van der Waals surface area contributed by atoms with Gasteiger partial charge in [-0.2, -0.15) is 0 Å². The molecule has 1 N–H and O–H groups in total. The summed E-state index contributed by atoms with van der Waals surface area (Å²) in [4.78, 5) is 35.9. The molecule has 0 atom stereocenters. The zero-order valence-electron chi connectivity index (χ0n) is 15.0. The van der Waals surface area contributed by atoms with Crippen molar-refractivity contribution >= 4 is 29.3 Å². The van der Waals surface area contributed by atoms with Gasteiger partial charge < -0.3 is 9.47 Å². The van der Waals surface area contributed by atoms with E-state index >= 15 is 0 Å². The van der Waals surface area contributed by atoms with Crippen LogP contribution in [0.4, 0.5) is 11.4 Å². The van der Waals surface area contributed by atoms with Crippen LogP contribution < -0.4 is 19.9 Å². The Morgan fingerprint density at radius 3 is 2.50 bits per heavy atom. The summed E-state index contributed by atoms with van der Waals surface area (Å²) in [7, 11) is 0. The number of hydrogen-bond acceptors (Lipinski definition) is 6. The summed E-state index contributed by atoms with van der Waals surface area (Å²) < 4.78 is 10.4. The summed E-state index contributed by atoms with van der Waals surface area (Å²) in [6.45, 7) is 3.79. The molecule has 9 nitrogen and oxygen atoms in total. The zero-order valence-corrected chi connectivity index (χ0v) is 15.0. The third kappa shape index (κ3) is 2.82. The second-order valence-corrected chi connectivity index (χ2v) is 6.43. The highest BCUT2D eigenvalue weighted by molar-refractivity contribution is 6.31. The van der Waals surface area contributed by atoms with Gasteiger partial charge in [-0.3, -0.25) is 25.1 Å². The number of hydrazine groups is 1. The van der Waals surface area contributed by atoms with Crippen LogP contribution in [0.3, 0.4) is 0 Å². The molecule has 2 aromatic rings. The largest absolute Gasteiger partial charge is 0.454 e. The SMILES string of the molecule is Cc1ccc(N2NC(=O)/C(=C\c3cc4c(cc3[N+](=O)[O-])OCO4)C2=O)cc1C. The minimum Gasteiger partial charge on any atom is -0.454 e. The fourth-order valence-corrected chi connectivity index (χ4v) is 2.98. The molecule has 0 unspecified atom stereocenters. The van der Waals surface area contributed by atoms with Crippen LogP contribution in [0.2, 0.25) is 0 Å². The van der Waals surface area contributed by atoms with E-state index < -0.39 is 16.7 Å². The van der Waals surface area contributed by atoms with Crippen molar-refractivity contribution in [3.05, 3.63) is 62.7 Å². The van der Waals surface area contributed by atoms with Crippen LogP contribution in [-0.4, -0.2) is 23.5 Å². The number of hydrogen-bond donors (Lipinski definition) is 1. The average molecular weight is 381 g/mol. The number of amides is 2. The predicted molar refractivity (Wildman–Crippen MR) is 98.7 cm³/mol. The Morgan fingerprint density at radius 1 is 1.11 bits per heavy atom. The fraction of sp³-hybridized carbons (Fsp3) is 0.158. The van der Waals surface area contributed by atoms with E-state index in [1.165, 1.54) is 18.2 Å². The maximum absolute atomic E-state index is 12.8. The average Bonchev–Trinajstić information content (AvgIpc) is 3.22. The number of rotatable bonds is 3. The van der Waals surface area contributed by atoms with Gasteiger partial charge in [0, 0.05) is 0 Å². The number of fused-ring (bicyclic) bond motifs is 1. The molecule has 0 bridgehead atoms. The van der Waals surface area contributed by atoms with Gasteiger partial charge in [-0.1, -0.05) is 6.07 Å². The second-order valence-electron chi connectivity index (χ2n) is 6.43. The van der Waals surface area contributed by atoms with Crippen LogP contribution in [0, 0.1) is 24.0 Å². The Hall–Kier alpha value is -3.88. The lowest BCUT2D eigenvalue weighted by Gasteiger charge is -2.15.